The number of hydrogen-bond acceptors (Lipinski definition) is 2. The van der Waals surface area contributed by atoms with E-state index >= 15 is 0 Å². The topological polar surface area (TPSA) is 49.8 Å². The minimum absolute atomic E-state index is 0.416. The van der Waals surface area contributed by atoms with Gasteiger partial charge in [0, 0.05) is 11.3 Å². The Balaban J connectivity index is 2.84. The van der Waals surface area contributed by atoms with Crippen molar-refractivity contribution in [3.05, 3.63) is 23.4 Å². The largest absolute Gasteiger partial charge is 0.402 e. The van der Waals surface area contributed by atoms with Crippen molar-refractivity contribution in [2.24, 2.45) is 11.7 Å². The van der Waals surface area contributed by atoms with E-state index in [0.717, 1.165) is 12.1 Å². The zero-order valence-corrected chi connectivity index (χ0v) is 5.96. The Kier molecular flexibility index (Phi) is 1.77. The summed E-state index contributed by atoms with van der Waals surface area (Å²) in [6.07, 6.45) is 4.56. The summed E-state index contributed by atoms with van der Waals surface area (Å²) in [6.45, 7) is 2.05. The van der Waals surface area contributed by atoms with Gasteiger partial charge in [-0.2, -0.15) is 5.26 Å². The molecule has 0 aliphatic heterocycles. The Morgan fingerprint density at radius 3 is 3.00 bits per heavy atom. The molecule has 0 fully saturated rings. The molecule has 1 unspecified atom stereocenters. The van der Waals surface area contributed by atoms with Crippen LogP contribution in [0.5, 0.6) is 0 Å². The third kappa shape index (κ3) is 1.38. The molecule has 0 saturated carbocycles. The molecule has 2 nitrogen and oxygen atoms in total. The summed E-state index contributed by atoms with van der Waals surface area (Å²) < 4.78 is 0. The van der Waals surface area contributed by atoms with Gasteiger partial charge in [-0.1, -0.05) is 13.0 Å². The van der Waals surface area contributed by atoms with Crippen LogP contribution in [0.15, 0.2) is 23.4 Å². The number of rotatable bonds is 0. The smallest absolute Gasteiger partial charge is 0.0988 e. The van der Waals surface area contributed by atoms with E-state index in [0.29, 0.717) is 11.5 Å². The molecule has 10 heavy (non-hydrogen) atoms. The first-order chi connectivity index (χ1) is 4.72. The van der Waals surface area contributed by atoms with Crippen LogP contribution < -0.4 is 5.73 Å². The van der Waals surface area contributed by atoms with Crippen LogP contribution >= 0.6 is 0 Å². The number of nitrogens with zero attached hydrogens (tertiary/aromatic N) is 1. The van der Waals surface area contributed by atoms with Crippen molar-refractivity contribution in [1.82, 2.24) is 0 Å². The third-order valence-corrected chi connectivity index (χ3v) is 1.49. The first-order valence-corrected chi connectivity index (χ1v) is 3.30. The lowest BCUT2D eigenvalue weighted by Crippen LogP contribution is -2.07. The summed E-state index contributed by atoms with van der Waals surface area (Å²) in [6, 6.07) is 2.07. The van der Waals surface area contributed by atoms with Gasteiger partial charge in [0.05, 0.1) is 6.07 Å². The molecule has 1 atom stereocenters. The second-order valence-electron chi connectivity index (χ2n) is 2.63. The van der Waals surface area contributed by atoms with Gasteiger partial charge in [-0.3, -0.25) is 0 Å². The molecule has 0 heterocycles. The van der Waals surface area contributed by atoms with Crippen molar-refractivity contribution in [2.75, 3.05) is 0 Å². The van der Waals surface area contributed by atoms with Crippen LogP contribution in [0.25, 0.3) is 0 Å². The minimum atomic E-state index is 0.416. The van der Waals surface area contributed by atoms with Crippen molar-refractivity contribution in [3.8, 4) is 6.07 Å². The van der Waals surface area contributed by atoms with Gasteiger partial charge in [0.2, 0.25) is 0 Å². The second kappa shape index (κ2) is 2.57. The Bertz CT molecular complexity index is 230. The summed E-state index contributed by atoms with van der Waals surface area (Å²) in [5.41, 5.74) is 7.06. The average Bonchev–Trinajstić information content (AvgIpc) is 1.85. The van der Waals surface area contributed by atoms with Crippen LogP contribution in [-0.4, -0.2) is 0 Å². The fourth-order valence-corrected chi connectivity index (χ4v) is 1.11. The molecule has 0 aromatic rings. The van der Waals surface area contributed by atoms with E-state index in [9.17, 15) is 0 Å². The van der Waals surface area contributed by atoms with Gasteiger partial charge < -0.3 is 5.73 Å². The number of nitriles is 1. The third-order valence-electron chi connectivity index (χ3n) is 1.49. The molecule has 0 amide bonds. The monoisotopic (exact) mass is 134 g/mol. The van der Waals surface area contributed by atoms with Gasteiger partial charge in [0.15, 0.2) is 0 Å². The van der Waals surface area contributed by atoms with Crippen LogP contribution in [-0.2, 0) is 0 Å². The molecule has 0 aromatic heterocycles. The highest BCUT2D eigenvalue weighted by atomic mass is 14.6. The predicted octanol–water partition coefficient (Wildman–Crippen LogP) is 1.32. The standard InChI is InChI=1S/C8H10N2/c1-6-2-7(5-9)4-8(10)3-6/h2,4,6H,3,10H2,1H3. The lowest BCUT2D eigenvalue weighted by atomic mass is 9.96. The second-order valence-corrected chi connectivity index (χ2v) is 2.63. The highest BCUT2D eigenvalue weighted by molar-refractivity contribution is 5.38. The first-order valence-electron chi connectivity index (χ1n) is 3.30. The molecule has 2 N–H and O–H groups in total. The van der Waals surface area contributed by atoms with E-state index in [4.69, 9.17) is 11.0 Å². The fraction of sp³-hybridized carbons (Fsp3) is 0.375. The van der Waals surface area contributed by atoms with Crippen molar-refractivity contribution < 1.29 is 0 Å². The van der Waals surface area contributed by atoms with Crippen LogP contribution in [0.3, 0.4) is 0 Å². The van der Waals surface area contributed by atoms with Gasteiger partial charge >= 0.3 is 0 Å². The van der Waals surface area contributed by atoms with E-state index in [1.807, 2.05) is 6.08 Å². The van der Waals surface area contributed by atoms with Crippen molar-refractivity contribution in [2.45, 2.75) is 13.3 Å². The van der Waals surface area contributed by atoms with Crippen LogP contribution in [0.1, 0.15) is 13.3 Å². The molecule has 0 aromatic carbocycles. The van der Waals surface area contributed by atoms with Crippen LogP contribution in [0.4, 0.5) is 0 Å². The van der Waals surface area contributed by atoms with E-state index in [-0.39, 0.29) is 0 Å². The molecule has 1 aliphatic rings. The summed E-state index contributed by atoms with van der Waals surface area (Å²) in [7, 11) is 0. The maximum Gasteiger partial charge on any atom is 0.0988 e. The lowest BCUT2D eigenvalue weighted by Gasteiger charge is -2.11. The highest BCUT2D eigenvalue weighted by Gasteiger charge is 2.07. The highest BCUT2D eigenvalue weighted by Crippen LogP contribution is 2.18. The van der Waals surface area contributed by atoms with E-state index in [2.05, 4.69) is 13.0 Å². The van der Waals surface area contributed by atoms with Gasteiger partial charge in [-0.05, 0) is 18.4 Å². The van der Waals surface area contributed by atoms with Crippen molar-refractivity contribution >= 4 is 0 Å². The number of hydrogen-bond donors (Lipinski definition) is 1. The zero-order chi connectivity index (χ0) is 7.56. The van der Waals surface area contributed by atoms with Crippen molar-refractivity contribution in [3.63, 3.8) is 0 Å². The maximum atomic E-state index is 8.51. The molecule has 0 radical (unpaired) electrons. The van der Waals surface area contributed by atoms with E-state index in [1.165, 1.54) is 0 Å². The average molecular weight is 134 g/mol. The zero-order valence-electron chi connectivity index (χ0n) is 5.96. The van der Waals surface area contributed by atoms with Gasteiger partial charge in [-0.15, -0.1) is 0 Å². The molecule has 0 saturated heterocycles. The summed E-state index contributed by atoms with van der Waals surface area (Å²) in [5.74, 6) is 0.416. The molecular formula is C8H10N2. The van der Waals surface area contributed by atoms with Gasteiger partial charge in [0.1, 0.15) is 0 Å². The van der Waals surface area contributed by atoms with E-state index < -0.39 is 0 Å². The quantitative estimate of drug-likeness (QED) is 0.543. The lowest BCUT2D eigenvalue weighted by molar-refractivity contribution is 0.697. The molecule has 52 valence electrons. The van der Waals surface area contributed by atoms with Gasteiger partial charge in [-0.25, -0.2) is 0 Å². The Morgan fingerprint density at radius 1 is 1.80 bits per heavy atom. The summed E-state index contributed by atoms with van der Waals surface area (Å²) in [4.78, 5) is 0. The van der Waals surface area contributed by atoms with Crippen molar-refractivity contribution in [1.29, 1.82) is 5.26 Å². The molecule has 1 rings (SSSR count). The van der Waals surface area contributed by atoms with Crippen LogP contribution in [0.2, 0.25) is 0 Å². The van der Waals surface area contributed by atoms with Gasteiger partial charge in [0.25, 0.3) is 0 Å². The maximum absolute atomic E-state index is 8.51. The SMILES string of the molecule is CC1C=C(C#N)C=C(N)C1. The Morgan fingerprint density at radius 2 is 2.50 bits per heavy atom. The first kappa shape index (κ1) is 6.88. The number of allylic oxidation sites excluding steroid dienone is 4. The summed E-state index contributed by atoms with van der Waals surface area (Å²) >= 11 is 0. The summed E-state index contributed by atoms with van der Waals surface area (Å²) in [5, 5.41) is 8.51. The molecule has 1 aliphatic carbocycles. The molecular weight excluding hydrogens is 124 g/mol. The molecule has 0 bridgehead atoms. The Labute approximate surface area is 60.6 Å². The predicted molar refractivity (Wildman–Crippen MR) is 39.7 cm³/mol. The minimum Gasteiger partial charge on any atom is -0.402 e. The molecule has 2 heteroatoms. The fourth-order valence-electron chi connectivity index (χ4n) is 1.11. The van der Waals surface area contributed by atoms with Crippen LogP contribution in [0, 0.1) is 17.2 Å². The molecule has 0 spiro atoms. The number of nitrogens with two attached hydrogens (primary N) is 1. The Hall–Kier alpha value is -1.23. The van der Waals surface area contributed by atoms with E-state index in [1.54, 1.807) is 6.08 Å². The normalized spacial score (nSPS) is 24.6.